The second kappa shape index (κ2) is 10.5. The number of anilines is 1. The van der Waals surface area contributed by atoms with Crippen molar-refractivity contribution in [3.05, 3.63) is 29.5 Å². The van der Waals surface area contributed by atoms with Crippen molar-refractivity contribution in [1.29, 1.82) is 0 Å². The number of carbonyl (C=O) groups is 1. The number of nitrogens with zero attached hydrogens (tertiary/aromatic N) is 2. The summed E-state index contributed by atoms with van der Waals surface area (Å²) in [6.07, 6.45) is 13.9. The molecule has 7 heteroatoms. The summed E-state index contributed by atoms with van der Waals surface area (Å²) in [6.45, 7) is 0. The number of rotatable bonds is 2. The molecule has 0 radical (unpaired) electrons. The van der Waals surface area contributed by atoms with E-state index in [1.54, 1.807) is 12.1 Å². The molecule has 2 amide bonds. The van der Waals surface area contributed by atoms with Crippen LogP contribution in [0.15, 0.2) is 24.5 Å². The van der Waals surface area contributed by atoms with Crippen LogP contribution in [-0.2, 0) is 0 Å². The molecule has 1 aromatic heterocycles. The van der Waals surface area contributed by atoms with Gasteiger partial charge in [-0.1, -0.05) is 50.1 Å². The fourth-order valence-electron chi connectivity index (χ4n) is 3.96. The Balaban J connectivity index is 0.000000167. The van der Waals surface area contributed by atoms with Crippen LogP contribution in [0.2, 0.25) is 5.02 Å². The molecule has 2 aliphatic carbocycles. The Hall–Kier alpha value is -2.08. The molecule has 4 N–H and O–H groups in total. The first-order valence-electron chi connectivity index (χ1n) is 10.3. The lowest BCUT2D eigenvalue weighted by Gasteiger charge is -2.26. The summed E-state index contributed by atoms with van der Waals surface area (Å²) in [5, 5.41) is 7.67. The van der Waals surface area contributed by atoms with Crippen molar-refractivity contribution in [3.8, 4) is 0 Å². The molecule has 1 heterocycles. The minimum Gasteiger partial charge on any atom is -0.383 e. The lowest BCUT2D eigenvalue weighted by molar-refractivity contribution is 0.224. The zero-order chi connectivity index (χ0) is 19.8. The average Bonchev–Trinajstić information content (AvgIpc) is 2.71. The van der Waals surface area contributed by atoms with E-state index in [0.717, 1.165) is 36.6 Å². The van der Waals surface area contributed by atoms with Gasteiger partial charge in [-0.15, -0.1) is 0 Å². The van der Waals surface area contributed by atoms with Gasteiger partial charge >= 0.3 is 6.03 Å². The molecule has 0 saturated heterocycles. The van der Waals surface area contributed by atoms with Crippen molar-refractivity contribution < 1.29 is 4.79 Å². The van der Waals surface area contributed by atoms with E-state index in [1.165, 1.54) is 44.9 Å². The normalized spacial score (nSPS) is 18.2. The minimum atomic E-state index is 0.0683. The van der Waals surface area contributed by atoms with Gasteiger partial charge in [-0.05, 0) is 43.9 Å². The standard InChI is InChI=1S/C13H24N2O.C8H6ClN3/c16-13(14-11-7-3-1-4-8-11)15-12-9-5-2-6-10-12;9-5-1-2-7-6(3-5)8(10)12-4-11-7/h11-12H,1-10H2,(H2,14,15,16);1-4H,(H2,10,11,12). The van der Waals surface area contributed by atoms with Gasteiger partial charge in [0.15, 0.2) is 0 Å². The highest BCUT2D eigenvalue weighted by atomic mass is 35.5. The van der Waals surface area contributed by atoms with Gasteiger partial charge in [-0.25, -0.2) is 14.8 Å². The molecule has 28 heavy (non-hydrogen) atoms. The van der Waals surface area contributed by atoms with Gasteiger partial charge in [0.1, 0.15) is 12.1 Å². The highest BCUT2D eigenvalue weighted by molar-refractivity contribution is 6.31. The molecule has 0 spiro atoms. The Kier molecular flexibility index (Phi) is 7.71. The van der Waals surface area contributed by atoms with Crippen LogP contribution in [0.1, 0.15) is 64.2 Å². The molecule has 0 atom stereocenters. The Morgan fingerprint density at radius 3 is 2.07 bits per heavy atom. The monoisotopic (exact) mass is 403 g/mol. The number of urea groups is 1. The van der Waals surface area contributed by atoms with Crippen molar-refractivity contribution in [2.24, 2.45) is 0 Å². The maximum absolute atomic E-state index is 11.8. The average molecular weight is 404 g/mol. The van der Waals surface area contributed by atoms with Crippen LogP contribution < -0.4 is 16.4 Å². The second-order valence-corrected chi connectivity index (χ2v) is 8.14. The van der Waals surface area contributed by atoms with Gasteiger partial charge in [0.25, 0.3) is 0 Å². The molecular formula is C21H30ClN5O. The van der Waals surface area contributed by atoms with Gasteiger partial charge in [-0.3, -0.25) is 0 Å². The van der Waals surface area contributed by atoms with Gasteiger partial charge in [0.05, 0.1) is 5.52 Å². The Morgan fingerprint density at radius 2 is 1.50 bits per heavy atom. The molecule has 0 bridgehead atoms. The van der Waals surface area contributed by atoms with E-state index in [-0.39, 0.29) is 6.03 Å². The van der Waals surface area contributed by atoms with Crippen LogP contribution in [-0.4, -0.2) is 28.1 Å². The first-order chi connectivity index (χ1) is 13.6. The highest BCUT2D eigenvalue weighted by Gasteiger charge is 2.19. The summed E-state index contributed by atoms with van der Waals surface area (Å²) in [4.78, 5) is 19.6. The van der Waals surface area contributed by atoms with E-state index in [2.05, 4.69) is 20.6 Å². The zero-order valence-electron chi connectivity index (χ0n) is 16.3. The van der Waals surface area contributed by atoms with Crippen LogP contribution in [0, 0.1) is 0 Å². The van der Waals surface area contributed by atoms with Crippen molar-refractivity contribution in [3.63, 3.8) is 0 Å². The van der Waals surface area contributed by atoms with E-state index in [4.69, 9.17) is 17.3 Å². The summed E-state index contributed by atoms with van der Waals surface area (Å²) in [5.41, 5.74) is 6.43. The summed E-state index contributed by atoms with van der Waals surface area (Å²) >= 11 is 5.78. The van der Waals surface area contributed by atoms with Crippen LogP contribution in [0.25, 0.3) is 10.9 Å². The number of hydrogen-bond donors (Lipinski definition) is 3. The van der Waals surface area contributed by atoms with E-state index < -0.39 is 0 Å². The molecule has 2 aliphatic rings. The Morgan fingerprint density at radius 1 is 0.929 bits per heavy atom. The van der Waals surface area contributed by atoms with Crippen LogP contribution in [0.4, 0.5) is 10.6 Å². The predicted octanol–water partition coefficient (Wildman–Crippen LogP) is 4.82. The number of nitrogen functional groups attached to an aromatic ring is 1. The summed E-state index contributed by atoms with van der Waals surface area (Å²) in [7, 11) is 0. The third-order valence-electron chi connectivity index (χ3n) is 5.51. The molecule has 2 saturated carbocycles. The van der Waals surface area contributed by atoms with Crippen molar-refractivity contribution in [2.45, 2.75) is 76.3 Å². The van der Waals surface area contributed by atoms with Gasteiger partial charge in [-0.2, -0.15) is 0 Å². The number of nitrogens with two attached hydrogens (primary N) is 1. The van der Waals surface area contributed by atoms with Crippen LogP contribution >= 0.6 is 11.6 Å². The first kappa shape index (κ1) is 20.6. The predicted molar refractivity (Wildman–Crippen MR) is 114 cm³/mol. The van der Waals surface area contributed by atoms with Gasteiger partial charge in [0.2, 0.25) is 0 Å². The lowest BCUT2D eigenvalue weighted by Crippen LogP contribution is -2.47. The summed E-state index contributed by atoms with van der Waals surface area (Å²) in [5.74, 6) is 0.461. The number of halogens is 1. The quantitative estimate of drug-likeness (QED) is 0.670. The minimum absolute atomic E-state index is 0.0683. The smallest absolute Gasteiger partial charge is 0.315 e. The third-order valence-corrected chi connectivity index (χ3v) is 5.74. The van der Waals surface area contributed by atoms with E-state index in [9.17, 15) is 4.79 Å². The number of benzene rings is 1. The topological polar surface area (TPSA) is 92.9 Å². The van der Waals surface area contributed by atoms with E-state index in [0.29, 0.717) is 22.9 Å². The lowest BCUT2D eigenvalue weighted by atomic mass is 9.95. The molecule has 1 aromatic carbocycles. The summed E-state index contributed by atoms with van der Waals surface area (Å²) in [6, 6.07) is 6.27. The fourth-order valence-corrected chi connectivity index (χ4v) is 4.13. The molecule has 4 rings (SSSR count). The summed E-state index contributed by atoms with van der Waals surface area (Å²) < 4.78 is 0. The first-order valence-corrected chi connectivity index (χ1v) is 10.7. The maximum atomic E-state index is 11.8. The van der Waals surface area contributed by atoms with Crippen LogP contribution in [0.5, 0.6) is 0 Å². The number of amides is 2. The molecule has 152 valence electrons. The number of fused-ring (bicyclic) bond motifs is 1. The van der Waals surface area contributed by atoms with E-state index in [1.807, 2.05) is 6.07 Å². The molecule has 0 unspecified atom stereocenters. The number of aromatic nitrogens is 2. The number of carbonyl (C=O) groups excluding carboxylic acids is 1. The van der Waals surface area contributed by atoms with Crippen molar-refractivity contribution in [1.82, 2.24) is 20.6 Å². The maximum Gasteiger partial charge on any atom is 0.315 e. The molecule has 6 nitrogen and oxygen atoms in total. The second-order valence-electron chi connectivity index (χ2n) is 7.71. The van der Waals surface area contributed by atoms with Crippen molar-refractivity contribution >= 4 is 34.4 Å². The fraction of sp³-hybridized carbons (Fsp3) is 0.571. The van der Waals surface area contributed by atoms with Gasteiger partial charge < -0.3 is 16.4 Å². The van der Waals surface area contributed by atoms with Gasteiger partial charge in [0, 0.05) is 22.5 Å². The molecular weight excluding hydrogens is 374 g/mol. The Bertz CT molecular complexity index is 750. The molecule has 2 aromatic rings. The highest BCUT2D eigenvalue weighted by Crippen LogP contribution is 2.21. The Labute approximate surface area is 171 Å². The number of hydrogen-bond acceptors (Lipinski definition) is 4. The molecule has 2 fully saturated rings. The number of nitrogens with one attached hydrogen (secondary N) is 2. The zero-order valence-corrected chi connectivity index (χ0v) is 17.0. The van der Waals surface area contributed by atoms with E-state index >= 15 is 0 Å². The van der Waals surface area contributed by atoms with Crippen molar-refractivity contribution in [2.75, 3.05) is 5.73 Å². The SMILES string of the molecule is Nc1ncnc2ccc(Cl)cc12.O=C(NC1CCCCC1)NC1CCCCC1. The largest absolute Gasteiger partial charge is 0.383 e. The third kappa shape index (κ3) is 6.23. The van der Waals surface area contributed by atoms with Crippen LogP contribution in [0.3, 0.4) is 0 Å². The molecule has 0 aliphatic heterocycles.